The first-order chi connectivity index (χ1) is 8.66. The summed E-state index contributed by atoms with van der Waals surface area (Å²) in [7, 11) is 2.02. The Bertz CT molecular complexity index is 580. The minimum Gasteiger partial charge on any atom is -0.348 e. The molecule has 2 aromatic rings. The molecule has 0 amide bonds. The van der Waals surface area contributed by atoms with Gasteiger partial charge in [-0.15, -0.1) is 0 Å². The summed E-state index contributed by atoms with van der Waals surface area (Å²) < 4.78 is 15.4. The molecule has 2 heterocycles. The van der Waals surface area contributed by atoms with Gasteiger partial charge in [0.05, 0.1) is 5.52 Å². The van der Waals surface area contributed by atoms with E-state index in [1.807, 2.05) is 13.1 Å². The number of nitrogens with zero attached hydrogens (tertiary/aromatic N) is 1. The molecule has 2 nitrogen and oxygen atoms in total. The SMILES string of the molecule is Cc1c(CC2CCCN2)c2ccc(F)cc2n1C. The molecule has 0 spiro atoms. The van der Waals surface area contributed by atoms with Gasteiger partial charge in [0.25, 0.3) is 0 Å². The first kappa shape index (κ1) is 11.7. The topological polar surface area (TPSA) is 17.0 Å². The normalized spacial score (nSPS) is 19.8. The Morgan fingerprint density at radius 1 is 1.44 bits per heavy atom. The molecular formula is C15H19FN2. The number of fused-ring (bicyclic) bond motifs is 1. The molecule has 1 aliphatic rings. The highest BCUT2D eigenvalue weighted by molar-refractivity contribution is 5.85. The van der Waals surface area contributed by atoms with Crippen LogP contribution in [0.25, 0.3) is 10.9 Å². The van der Waals surface area contributed by atoms with Crippen LogP contribution in [0.15, 0.2) is 18.2 Å². The summed E-state index contributed by atoms with van der Waals surface area (Å²) in [6, 6.07) is 5.70. The minimum atomic E-state index is -0.159. The number of rotatable bonds is 2. The highest BCUT2D eigenvalue weighted by Gasteiger charge is 2.19. The van der Waals surface area contributed by atoms with Crippen molar-refractivity contribution < 1.29 is 4.39 Å². The van der Waals surface area contributed by atoms with E-state index < -0.39 is 0 Å². The Balaban J connectivity index is 2.07. The lowest BCUT2D eigenvalue weighted by Gasteiger charge is -2.10. The van der Waals surface area contributed by atoms with E-state index in [4.69, 9.17) is 0 Å². The van der Waals surface area contributed by atoms with Crippen LogP contribution in [-0.2, 0) is 13.5 Å². The monoisotopic (exact) mass is 246 g/mol. The van der Waals surface area contributed by atoms with Crippen molar-refractivity contribution in [2.45, 2.75) is 32.2 Å². The van der Waals surface area contributed by atoms with Gasteiger partial charge in [0.1, 0.15) is 5.82 Å². The second kappa shape index (κ2) is 4.39. The van der Waals surface area contributed by atoms with Crippen LogP contribution in [0.4, 0.5) is 4.39 Å². The highest BCUT2D eigenvalue weighted by atomic mass is 19.1. The predicted octanol–water partition coefficient (Wildman–Crippen LogP) is 2.92. The number of halogens is 1. The third kappa shape index (κ3) is 1.83. The maximum atomic E-state index is 13.3. The summed E-state index contributed by atoms with van der Waals surface area (Å²) in [6.45, 7) is 3.26. The summed E-state index contributed by atoms with van der Waals surface area (Å²) >= 11 is 0. The van der Waals surface area contributed by atoms with Crippen molar-refractivity contribution in [3.8, 4) is 0 Å². The van der Waals surface area contributed by atoms with Gasteiger partial charge in [-0.2, -0.15) is 0 Å². The Morgan fingerprint density at radius 2 is 2.28 bits per heavy atom. The van der Waals surface area contributed by atoms with E-state index in [1.165, 1.54) is 29.5 Å². The molecule has 3 heteroatoms. The van der Waals surface area contributed by atoms with Gasteiger partial charge in [-0.05, 0) is 56.5 Å². The van der Waals surface area contributed by atoms with Crippen LogP contribution in [0, 0.1) is 12.7 Å². The Morgan fingerprint density at radius 3 is 3.00 bits per heavy atom. The quantitative estimate of drug-likeness (QED) is 0.862. The summed E-state index contributed by atoms with van der Waals surface area (Å²) in [4.78, 5) is 0. The number of hydrogen-bond donors (Lipinski definition) is 1. The van der Waals surface area contributed by atoms with E-state index in [0.717, 1.165) is 18.5 Å². The van der Waals surface area contributed by atoms with Gasteiger partial charge < -0.3 is 9.88 Å². The Hall–Kier alpha value is -1.35. The first-order valence-corrected chi connectivity index (χ1v) is 6.63. The smallest absolute Gasteiger partial charge is 0.125 e. The van der Waals surface area contributed by atoms with Crippen LogP contribution in [0.1, 0.15) is 24.1 Å². The first-order valence-electron chi connectivity index (χ1n) is 6.63. The van der Waals surface area contributed by atoms with E-state index in [-0.39, 0.29) is 5.82 Å². The molecule has 96 valence electrons. The van der Waals surface area contributed by atoms with Crippen molar-refractivity contribution in [3.05, 3.63) is 35.3 Å². The fourth-order valence-corrected chi connectivity index (χ4v) is 3.05. The van der Waals surface area contributed by atoms with E-state index >= 15 is 0 Å². The average molecular weight is 246 g/mol. The number of nitrogens with one attached hydrogen (secondary N) is 1. The fourth-order valence-electron chi connectivity index (χ4n) is 3.05. The standard InChI is InChI=1S/C15H19FN2/c1-10-14(9-12-4-3-7-17-12)13-6-5-11(16)8-15(13)18(10)2/h5-6,8,12,17H,3-4,7,9H2,1-2H3. The Kier molecular flexibility index (Phi) is 2.86. The summed E-state index contributed by atoms with van der Waals surface area (Å²) in [5, 5.41) is 4.73. The molecule has 0 saturated carbocycles. The maximum Gasteiger partial charge on any atom is 0.125 e. The van der Waals surface area contributed by atoms with Crippen LogP contribution in [-0.4, -0.2) is 17.2 Å². The van der Waals surface area contributed by atoms with Crippen molar-refractivity contribution in [3.63, 3.8) is 0 Å². The van der Waals surface area contributed by atoms with Crippen molar-refractivity contribution >= 4 is 10.9 Å². The number of benzene rings is 1. The van der Waals surface area contributed by atoms with Gasteiger partial charge in [0, 0.05) is 24.2 Å². The van der Waals surface area contributed by atoms with Crippen LogP contribution in [0.2, 0.25) is 0 Å². The van der Waals surface area contributed by atoms with E-state index in [1.54, 1.807) is 12.1 Å². The molecule has 1 unspecified atom stereocenters. The zero-order chi connectivity index (χ0) is 12.7. The van der Waals surface area contributed by atoms with Crippen molar-refractivity contribution in [1.29, 1.82) is 0 Å². The fraction of sp³-hybridized carbons (Fsp3) is 0.467. The van der Waals surface area contributed by atoms with Crippen LogP contribution < -0.4 is 5.32 Å². The Labute approximate surface area is 107 Å². The molecule has 1 aromatic heterocycles. The molecule has 0 aliphatic carbocycles. The maximum absolute atomic E-state index is 13.3. The molecule has 0 radical (unpaired) electrons. The van der Waals surface area contributed by atoms with Gasteiger partial charge in [-0.25, -0.2) is 4.39 Å². The molecular weight excluding hydrogens is 227 g/mol. The molecule has 1 saturated heterocycles. The van der Waals surface area contributed by atoms with Gasteiger partial charge in [0.15, 0.2) is 0 Å². The van der Waals surface area contributed by atoms with Crippen LogP contribution in [0.5, 0.6) is 0 Å². The van der Waals surface area contributed by atoms with Gasteiger partial charge in [0.2, 0.25) is 0 Å². The van der Waals surface area contributed by atoms with E-state index in [9.17, 15) is 4.39 Å². The lowest BCUT2D eigenvalue weighted by Crippen LogP contribution is -2.23. The summed E-state index contributed by atoms with van der Waals surface area (Å²) in [6.07, 6.45) is 3.56. The molecule has 18 heavy (non-hydrogen) atoms. The predicted molar refractivity (Wildman–Crippen MR) is 72.3 cm³/mol. The van der Waals surface area contributed by atoms with Crippen molar-refractivity contribution in [2.24, 2.45) is 7.05 Å². The second-order valence-corrected chi connectivity index (χ2v) is 5.28. The molecule has 1 N–H and O–H groups in total. The van der Waals surface area contributed by atoms with Gasteiger partial charge in [-0.1, -0.05) is 0 Å². The number of hydrogen-bond acceptors (Lipinski definition) is 1. The third-order valence-corrected chi connectivity index (χ3v) is 4.20. The minimum absolute atomic E-state index is 0.159. The molecule has 1 aliphatic heterocycles. The summed E-state index contributed by atoms with van der Waals surface area (Å²) in [5.41, 5.74) is 3.62. The molecule has 1 fully saturated rings. The van der Waals surface area contributed by atoms with E-state index in [2.05, 4.69) is 16.8 Å². The zero-order valence-electron chi connectivity index (χ0n) is 11.0. The van der Waals surface area contributed by atoms with Crippen molar-refractivity contribution in [2.75, 3.05) is 6.54 Å². The second-order valence-electron chi connectivity index (χ2n) is 5.28. The van der Waals surface area contributed by atoms with Crippen LogP contribution in [0.3, 0.4) is 0 Å². The third-order valence-electron chi connectivity index (χ3n) is 4.20. The molecule has 1 atom stereocenters. The van der Waals surface area contributed by atoms with Gasteiger partial charge in [-0.3, -0.25) is 0 Å². The molecule has 3 rings (SSSR count). The average Bonchev–Trinajstić information content (AvgIpc) is 2.94. The zero-order valence-corrected chi connectivity index (χ0v) is 11.0. The number of aryl methyl sites for hydroxylation is 1. The lowest BCUT2D eigenvalue weighted by molar-refractivity contribution is 0.602. The lowest BCUT2D eigenvalue weighted by atomic mass is 10.0. The van der Waals surface area contributed by atoms with E-state index in [0.29, 0.717) is 6.04 Å². The molecule has 1 aromatic carbocycles. The number of aromatic nitrogens is 1. The largest absolute Gasteiger partial charge is 0.348 e. The molecule has 0 bridgehead atoms. The summed E-state index contributed by atoms with van der Waals surface area (Å²) in [5.74, 6) is -0.159. The van der Waals surface area contributed by atoms with Crippen molar-refractivity contribution in [1.82, 2.24) is 9.88 Å². The van der Waals surface area contributed by atoms with Crippen LogP contribution >= 0.6 is 0 Å². The highest BCUT2D eigenvalue weighted by Crippen LogP contribution is 2.27. The van der Waals surface area contributed by atoms with Gasteiger partial charge >= 0.3 is 0 Å².